The number of hydrogen-bond acceptors (Lipinski definition) is 4. The van der Waals surface area contributed by atoms with Gasteiger partial charge in [-0.3, -0.25) is 4.79 Å². The molecule has 5 heteroatoms. The molecule has 0 heterocycles. The van der Waals surface area contributed by atoms with Crippen LogP contribution in [0.4, 0.5) is 0 Å². The van der Waals surface area contributed by atoms with Crippen LogP contribution in [0.5, 0.6) is 0 Å². The molecule has 4 nitrogen and oxygen atoms in total. The first kappa shape index (κ1) is 15.2. The van der Waals surface area contributed by atoms with Gasteiger partial charge in [0.15, 0.2) is 0 Å². The second kappa shape index (κ2) is 8.29. The van der Waals surface area contributed by atoms with Crippen molar-refractivity contribution < 1.29 is 14.3 Å². The highest BCUT2D eigenvalue weighted by Gasteiger charge is 2.16. The second-order valence-corrected chi connectivity index (χ2v) is 2.75. The third-order valence-electron chi connectivity index (χ3n) is 1.43. The molecule has 0 aliphatic rings. The van der Waals surface area contributed by atoms with Crippen LogP contribution in [0.2, 0.25) is 0 Å². The van der Waals surface area contributed by atoms with Gasteiger partial charge in [-0.25, -0.2) is 0 Å². The summed E-state index contributed by atoms with van der Waals surface area (Å²) >= 11 is 0. The van der Waals surface area contributed by atoms with Crippen molar-refractivity contribution in [3.63, 3.8) is 0 Å². The van der Waals surface area contributed by atoms with Crippen molar-refractivity contribution in [2.45, 2.75) is 26.0 Å². The van der Waals surface area contributed by atoms with E-state index in [1.54, 1.807) is 7.05 Å². The van der Waals surface area contributed by atoms with Crippen LogP contribution in [0.25, 0.3) is 0 Å². The molecule has 0 aliphatic heterocycles. The van der Waals surface area contributed by atoms with E-state index in [1.165, 1.54) is 7.11 Å². The fourth-order valence-corrected chi connectivity index (χ4v) is 0.700. The van der Waals surface area contributed by atoms with Gasteiger partial charge < -0.3 is 14.8 Å². The number of methoxy groups -OCH3 is 1. The minimum atomic E-state index is -0.364. The van der Waals surface area contributed by atoms with Gasteiger partial charge in [-0.05, 0) is 20.9 Å². The molecule has 0 radical (unpaired) electrons. The van der Waals surface area contributed by atoms with Crippen molar-refractivity contribution in [3.8, 4) is 0 Å². The summed E-state index contributed by atoms with van der Waals surface area (Å²) in [6, 6.07) is -0.364. The molecule has 1 unspecified atom stereocenters. The summed E-state index contributed by atoms with van der Waals surface area (Å²) in [7, 11) is 3.06. The molecule has 0 aromatic heterocycles. The Kier molecular flexibility index (Phi) is 9.67. The van der Waals surface area contributed by atoms with Gasteiger partial charge in [0.25, 0.3) is 0 Å². The smallest absolute Gasteiger partial charge is 0.325 e. The lowest BCUT2D eigenvalue weighted by molar-refractivity contribution is -0.145. The molecule has 0 rings (SSSR count). The molecule has 1 N–H and O–H groups in total. The van der Waals surface area contributed by atoms with Crippen LogP contribution < -0.4 is 5.32 Å². The van der Waals surface area contributed by atoms with Crippen molar-refractivity contribution >= 4 is 18.4 Å². The summed E-state index contributed by atoms with van der Waals surface area (Å²) in [5.74, 6) is -0.293. The largest absolute Gasteiger partial charge is 0.468 e. The maximum atomic E-state index is 11.0. The van der Waals surface area contributed by atoms with Crippen LogP contribution in [0.3, 0.4) is 0 Å². The molecule has 0 aliphatic carbocycles. The number of rotatable bonds is 5. The van der Waals surface area contributed by atoms with Crippen molar-refractivity contribution in [1.82, 2.24) is 5.32 Å². The lowest BCUT2D eigenvalue weighted by atomic mass is 10.3. The number of halogens is 1. The summed E-state index contributed by atoms with van der Waals surface area (Å²) in [5, 5.41) is 2.81. The Morgan fingerprint density at radius 1 is 1.46 bits per heavy atom. The van der Waals surface area contributed by atoms with E-state index < -0.39 is 0 Å². The first-order valence-corrected chi connectivity index (χ1v) is 3.98. The third-order valence-corrected chi connectivity index (χ3v) is 1.43. The molecule has 0 aromatic carbocycles. The Labute approximate surface area is 85.4 Å². The molecule has 0 spiro atoms. The topological polar surface area (TPSA) is 47.6 Å². The predicted molar refractivity (Wildman–Crippen MR) is 53.2 cm³/mol. The summed E-state index contributed by atoms with van der Waals surface area (Å²) < 4.78 is 9.81. The Balaban J connectivity index is 0. The van der Waals surface area contributed by atoms with Gasteiger partial charge in [-0.2, -0.15) is 0 Å². The Hall–Kier alpha value is -0.320. The SMILES string of the molecule is CNC(COC(C)C)C(=O)OC.Cl. The van der Waals surface area contributed by atoms with Crippen molar-refractivity contribution in [2.75, 3.05) is 20.8 Å². The molecule has 0 saturated heterocycles. The second-order valence-electron chi connectivity index (χ2n) is 2.75. The van der Waals surface area contributed by atoms with Gasteiger partial charge in [0, 0.05) is 0 Å². The van der Waals surface area contributed by atoms with Gasteiger partial charge in [-0.1, -0.05) is 0 Å². The predicted octanol–water partition coefficient (Wildman–Crippen LogP) is 0.594. The number of hydrogen-bond donors (Lipinski definition) is 1. The average Bonchev–Trinajstić information content (AvgIpc) is 2.04. The van der Waals surface area contributed by atoms with Crippen molar-refractivity contribution in [1.29, 1.82) is 0 Å². The zero-order valence-electron chi connectivity index (χ0n) is 8.49. The zero-order chi connectivity index (χ0) is 9.56. The van der Waals surface area contributed by atoms with E-state index in [0.29, 0.717) is 6.61 Å². The molecule has 1 atom stereocenters. The lowest BCUT2D eigenvalue weighted by Crippen LogP contribution is -2.39. The fourth-order valence-electron chi connectivity index (χ4n) is 0.700. The molecule has 0 bridgehead atoms. The van der Waals surface area contributed by atoms with E-state index in [2.05, 4.69) is 10.1 Å². The lowest BCUT2D eigenvalue weighted by Gasteiger charge is -2.15. The summed E-state index contributed by atoms with van der Waals surface area (Å²) in [4.78, 5) is 11.0. The number of nitrogens with one attached hydrogen (secondary N) is 1. The van der Waals surface area contributed by atoms with Crippen LogP contribution in [0.1, 0.15) is 13.8 Å². The minimum absolute atomic E-state index is 0. The summed E-state index contributed by atoms with van der Waals surface area (Å²) in [5.41, 5.74) is 0. The average molecular weight is 212 g/mol. The number of carbonyl (C=O) groups is 1. The van der Waals surface area contributed by atoms with Crippen LogP contribution in [0, 0.1) is 0 Å². The quantitative estimate of drug-likeness (QED) is 0.677. The Morgan fingerprint density at radius 3 is 2.31 bits per heavy atom. The van der Waals surface area contributed by atoms with Gasteiger partial charge in [0.05, 0.1) is 19.8 Å². The van der Waals surface area contributed by atoms with E-state index in [9.17, 15) is 4.79 Å². The van der Waals surface area contributed by atoms with E-state index >= 15 is 0 Å². The van der Waals surface area contributed by atoms with Crippen LogP contribution >= 0.6 is 12.4 Å². The standard InChI is InChI=1S/C8H17NO3.ClH/c1-6(2)12-5-7(9-3)8(10)11-4;/h6-7,9H,5H2,1-4H3;1H. The summed E-state index contributed by atoms with van der Waals surface area (Å²) in [6.07, 6.45) is 0.130. The molecule has 13 heavy (non-hydrogen) atoms. The van der Waals surface area contributed by atoms with Gasteiger partial charge >= 0.3 is 5.97 Å². The normalized spacial score (nSPS) is 12.1. The third kappa shape index (κ3) is 6.81. The van der Waals surface area contributed by atoms with E-state index in [1.807, 2.05) is 13.8 Å². The van der Waals surface area contributed by atoms with Gasteiger partial charge in [-0.15, -0.1) is 12.4 Å². The maximum Gasteiger partial charge on any atom is 0.325 e. The highest BCUT2D eigenvalue weighted by molar-refractivity contribution is 5.85. The van der Waals surface area contributed by atoms with Crippen LogP contribution in [0.15, 0.2) is 0 Å². The minimum Gasteiger partial charge on any atom is -0.468 e. The van der Waals surface area contributed by atoms with Crippen molar-refractivity contribution in [3.05, 3.63) is 0 Å². The monoisotopic (exact) mass is 211 g/mol. The van der Waals surface area contributed by atoms with Gasteiger partial charge in [0.2, 0.25) is 0 Å². The van der Waals surface area contributed by atoms with Crippen molar-refractivity contribution in [2.24, 2.45) is 0 Å². The number of esters is 1. The molecule has 0 aromatic rings. The Morgan fingerprint density at radius 2 is 2.00 bits per heavy atom. The Bertz CT molecular complexity index is 141. The van der Waals surface area contributed by atoms with Crippen LogP contribution in [-0.2, 0) is 14.3 Å². The molecule has 0 fully saturated rings. The van der Waals surface area contributed by atoms with Gasteiger partial charge in [0.1, 0.15) is 6.04 Å². The van der Waals surface area contributed by atoms with E-state index in [-0.39, 0.29) is 30.5 Å². The maximum absolute atomic E-state index is 11.0. The number of carbonyl (C=O) groups excluding carboxylic acids is 1. The molecular weight excluding hydrogens is 194 g/mol. The molecular formula is C8H18ClNO3. The van der Waals surface area contributed by atoms with E-state index in [4.69, 9.17) is 4.74 Å². The molecule has 80 valence electrons. The summed E-state index contributed by atoms with van der Waals surface area (Å²) in [6.45, 7) is 4.19. The highest BCUT2D eigenvalue weighted by Crippen LogP contribution is 1.93. The first-order valence-electron chi connectivity index (χ1n) is 3.98. The highest BCUT2D eigenvalue weighted by atomic mass is 35.5. The number of ether oxygens (including phenoxy) is 2. The van der Waals surface area contributed by atoms with E-state index in [0.717, 1.165) is 0 Å². The first-order chi connectivity index (χ1) is 5.61. The fraction of sp³-hybridized carbons (Fsp3) is 0.875. The number of likely N-dealkylation sites (N-methyl/N-ethyl adjacent to an activating group) is 1. The molecule has 0 amide bonds. The zero-order valence-corrected chi connectivity index (χ0v) is 9.31. The van der Waals surface area contributed by atoms with Crippen LogP contribution in [-0.4, -0.2) is 38.9 Å². The molecule has 0 saturated carbocycles.